The second-order valence-corrected chi connectivity index (χ2v) is 8.36. The molecule has 1 saturated carbocycles. The molecular formula is C24H24N6O. The predicted molar refractivity (Wildman–Crippen MR) is 123 cm³/mol. The standard InChI is InChI=1S/C24H24N6O/c31-24(17-6-5-16-9-10-25-21(16)15-17)30-13-11-29(12-14-30)23-22(26-18-7-8-18)27-19-3-1-2-4-20(19)28-23/h1-6,9-10,15,18,25H,7-8,11-14H2,(H,26,27). The van der Waals surface area contributed by atoms with Gasteiger partial charge in [-0.15, -0.1) is 0 Å². The van der Waals surface area contributed by atoms with Crippen molar-refractivity contribution in [2.45, 2.75) is 18.9 Å². The van der Waals surface area contributed by atoms with E-state index in [1.54, 1.807) is 0 Å². The van der Waals surface area contributed by atoms with Crippen molar-refractivity contribution in [1.82, 2.24) is 19.9 Å². The van der Waals surface area contributed by atoms with Crippen LogP contribution in [0.1, 0.15) is 23.2 Å². The molecule has 156 valence electrons. The molecule has 2 aromatic carbocycles. The smallest absolute Gasteiger partial charge is 0.254 e. The topological polar surface area (TPSA) is 77.2 Å². The molecule has 1 saturated heterocycles. The summed E-state index contributed by atoms with van der Waals surface area (Å²) in [5.74, 6) is 1.83. The number of benzene rings is 2. The van der Waals surface area contributed by atoms with Crippen molar-refractivity contribution in [3.05, 3.63) is 60.3 Å². The molecule has 4 aromatic rings. The average molecular weight is 412 g/mol. The van der Waals surface area contributed by atoms with Crippen molar-refractivity contribution >= 4 is 39.5 Å². The third kappa shape index (κ3) is 3.46. The van der Waals surface area contributed by atoms with E-state index < -0.39 is 0 Å². The van der Waals surface area contributed by atoms with Crippen LogP contribution in [0.5, 0.6) is 0 Å². The van der Waals surface area contributed by atoms with Gasteiger partial charge in [-0.2, -0.15) is 0 Å². The van der Waals surface area contributed by atoms with E-state index in [9.17, 15) is 4.79 Å². The Balaban J connectivity index is 1.22. The van der Waals surface area contributed by atoms with Gasteiger partial charge in [-0.1, -0.05) is 18.2 Å². The van der Waals surface area contributed by atoms with Crippen molar-refractivity contribution in [2.24, 2.45) is 0 Å². The van der Waals surface area contributed by atoms with Gasteiger partial charge in [0, 0.05) is 49.5 Å². The summed E-state index contributed by atoms with van der Waals surface area (Å²) in [6.45, 7) is 2.81. The molecule has 0 unspecified atom stereocenters. The maximum absolute atomic E-state index is 13.1. The number of piperazine rings is 1. The number of nitrogens with zero attached hydrogens (tertiary/aromatic N) is 4. The van der Waals surface area contributed by atoms with Gasteiger partial charge >= 0.3 is 0 Å². The molecule has 1 aliphatic heterocycles. The van der Waals surface area contributed by atoms with Crippen LogP contribution < -0.4 is 10.2 Å². The summed E-state index contributed by atoms with van der Waals surface area (Å²) in [6.07, 6.45) is 4.26. The SMILES string of the molecule is O=C(c1ccc2cc[nH]c2c1)N1CCN(c2nc3ccccc3nc2NC2CC2)CC1. The van der Waals surface area contributed by atoms with E-state index in [-0.39, 0.29) is 5.91 Å². The number of anilines is 2. The summed E-state index contributed by atoms with van der Waals surface area (Å²) < 4.78 is 0. The Labute approximate surface area is 180 Å². The summed E-state index contributed by atoms with van der Waals surface area (Å²) in [4.78, 5) is 30.2. The van der Waals surface area contributed by atoms with Gasteiger partial charge in [0.25, 0.3) is 5.91 Å². The number of fused-ring (bicyclic) bond motifs is 2. The number of para-hydroxylation sites is 2. The first-order valence-corrected chi connectivity index (χ1v) is 10.9. The van der Waals surface area contributed by atoms with E-state index in [0.29, 0.717) is 19.1 Å². The quantitative estimate of drug-likeness (QED) is 0.535. The minimum atomic E-state index is 0.0806. The number of amides is 1. The number of H-pyrrole nitrogens is 1. The van der Waals surface area contributed by atoms with Gasteiger partial charge in [0.15, 0.2) is 11.6 Å². The van der Waals surface area contributed by atoms with E-state index in [1.165, 1.54) is 12.8 Å². The molecule has 1 aliphatic carbocycles. The fraction of sp³-hybridized carbons (Fsp3) is 0.292. The Bertz CT molecular complexity index is 1270. The summed E-state index contributed by atoms with van der Waals surface area (Å²) in [5.41, 5.74) is 3.52. The second kappa shape index (κ2) is 7.27. The summed E-state index contributed by atoms with van der Waals surface area (Å²) >= 11 is 0. The van der Waals surface area contributed by atoms with E-state index in [2.05, 4.69) is 15.2 Å². The van der Waals surface area contributed by atoms with Crippen LogP contribution in [0.4, 0.5) is 11.6 Å². The monoisotopic (exact) mass is 412 g/mol. The molecule has 2 fully saturated rings. The molecule has 0 spiro atoms. The van der Waals surface area contributed by atoms with Crippen LogP contribution in [0.15, 0.2) is 54.7 Å². The van der Waals surface area contributed by atoms with Crippen LogP contribution in [0.2, 0.25) is 0 Å². The molecule has 2 N–H and O–H groups in total. The van der Waals surface area contributed by atoms with Crippen LogP contribution >= 0.6 is 0 Å². The Morgan fingerprint density at radius 3 is 2.52 bits per heavy atom. The van der Waals surface area contributed by atoms with Crippen LogP contribution in [-0.2, 0) is 0 Å². The zero-order valence-electron chi connectivity index (χ0n) is 17.2. The lowest BCUT2D eigenvalue weighted by molar-refractivity contribution is 0.0746. The molecule has 7 heteroatoms. The molecule has 0 atom stereocenters. The molecule has 2 aliphatic rings. The number of hydrogen-bond acceptors (Lipinski definition) is 5. The second-order valence-electron chi connectivity index (χ2n) is 8.36. The molecule has 1 amide bonds. The normalized spacial score (nSPS) is 16.8. The van der Waals surface area contributed by atoms with Gasteiger partial charge in [-0.25, -0.2) is 9.97 Å². The van der Waals surface area contributed by atoms with Crippen molar-refractivity contribution < 1.29 is 4.79 Å². The molecule has 7 nitrogen and oxygen atoms in total. The van der Waals surface area contributed by atoms with Crippen molar-refractivity contribution in [2.75, 3.05) is 36.4 Å². The number of nitrogens with one attached hydrogen (secondary N) is 2. The number of hydrogen-bond donors (Lipinski definition) is 2. The van der Waals surface area contributed by atoms with Gasteiger partial charge < -0.3 is 20.1 Å². The van der Waals surface area contributed by atoms with Crippen LogP contribution in [0, 0.1) is 0 Å². The maximum atomic E-state index is 13.1. The van der Waals surface area contributed by atoms with Crippen molar-refractivity contribution in [3.63, 3.8) is 0 Å². The van der Waals surface area contributed by atoms with Gasteiger partial charge in [0.1, 0.15) is 0 Å². The highest BCUT2D eigenvalue weighted by Gasteiger charge is 2.28. The van der Waals surface area contributed by atoms with Gasteiger partial charge in [0.2, 0.25) is 0 Å². The molecule has 31 heavy (non-hydrogen) atoms. The largest absolute Gasteiger partial charge is 0.364 e. The number of rotatable bonds is 4. The van der Waals surface area contributed by atoms with Gasteiger partial charge in [-0.3, -0.25) is 4.79 Å². The molecule has 2 aromatic heterocycles. The van der Waals surface area contributed by atoms with Crippen molar-refractivity contribution in [3.8, 4) is 0 Å². The first-order chi connectivity index (χ1) is 15.2. The van der Waals surface area contributed by atoms with Gasteiger partial charge in [-0.05, 0) is 48.6 Å². The van der Waals surface area contributed by atoms with E-state index in [4.69, 9.17) is 9.97 Å². The van der Waals surface area contributed by atoms with E-state index in [1.807, 2.05) is 59.6 Å². The van der Waals surface area contributed by atoms with Crippen LogP contribution in [0.3, 0.4) is 0 Å². The van der Waals surface area contributed by atoms with Gasteiger partial charge in [0.05, 0.1) is 11.0 Å². The lowest BCUT2D eigenvalue weighted by Crippen LogP contribution is -2.49. The zero-order valence-corrected chi connectivity index (χ0v) is 17.2. The van der Waals surface area contributed by atoms with E-state index in [0.717, 1.165) is 52.2 Å². The predicted octanol–water partition coefficient (Wildman–Crippen LogP) is 3.65. The number of aromatic amines is 1. The Morgan fingerprint density at radius 1 is 0.968 bits per heavy atom. The highest BCUT2D eigenvalue weighted by atomic mass is 16.2. The Kier molecular flexibility index (Phi) is 4.26. The average Bonchev–Trinajstić information content (AvgIpc) is 3.50. The first-order valence-electron chi connectivity index (χ1n) is 10.9. The summed E-state index contributed by atoms with van der Waals surface area (Å²) in [5, 5.41) is 4.67. The Morgan fingerprint density at radius 2 is 1.74 bits per heavy atom. The number of carbonyl (C=O) groups excluding carboxylic acids is 1. The number of carbonyl (C=O) groups is 1. The highest BCUT2D eigenvalue weighted by molar-refractivity contribution is 5.98. The minimum absolute atomic E-state index is 0.0806. The van der Waals surface area contributed by atoms with Crippen LogP contribution in [0.25, 0.3) is 21.9 Å². The van der Waals surface area contributed by atoms with Crippen LogP contribution in [-0.4, -0.2) is 58.0 Å². The lowest BCUT2D eigenvalue weighted by atomic mass is 10.1. The Hall–Kier alpha value is -3.61. The minimum Gasteiger partial charge on any atom is -0.364 e. The fourth-order valence-corrected chi connectivity index (χ4v) is 4.21. The summed E-state index contributed by atoms with van der Waals surface area (Å²) in [6, 6.07) is 16.4. The molecule has 0 bridgehead atoms. The third-order valence-electron chi connectivity index (χ3n) is 6.14. The maximum Gasteiger partial charge on any atom is 0.254 e. The zero-order chi connectivity index (χ0) is 20.8. The summed E-state index contributed by atoms with van der Waals surface area (Å²) in [7, 11) is 0. The number of aromatic nitrogens is 3. The molecule has 6 rings (SSSR count). The lowest BCUT2D eigenvalue weighted by Gasteiger charge is -2.36. The molecule has 3 heterocycles. The fourth-order valence-electron chi connectivity index (χ4n) is 4.21. The third-order valence-corrected chi connectivity index (χ3v) is 6.14. The van der Waals surface area contributed by atoms with E-state index >= 15 is 0 Å². The highest BCUT2D eigenvalue weighted by Crippen LogP contribution is 2.31. The van der Waals surface area contributed by atoms with Crippen molar-refractivity contribution in [1.29, 1.82) is 0 Å². The molecular weight excluding hydrogens is 388 g/mol. The first kappa shape index (κ1) is 18.2. The molecule has 0 radical (unpaired) electrons.